The molecule has 0 radical (unpaired) electrons. The van der Waals surface area contributed by atoms with E-state index in [2.05, 4.69) is 15.8 Å². The molecule has 1 aliphatic rings. The first-order chi connectivity index (χ1) is 14.4. The van der Waals surface area contributed by atoms with Crippen molar-refractivity contribution < 1.29 is 14.1 Å². The second-order valence-electron chi connectivity index (χ2n) is 6.35. The molecule has 1 aromatic heterocycles. The maximum absolute atomic E-state index is 13.0. The topological polar surface area (TPSA) is 152 Å². The van der Waals surface area contributed by atoms with Crippen molar-refractivity contribution in [3.8, 4) is 11.3 Å². The van der Waals surface area contributed by atoms with E-state index in [0.717, 1.165) is 5.56 Å². The molecule has 1 aromatic carbocycles. The van der Waals surface area contributed by atoms with Crippen molar-refractivity contribution in [2.45, 2.75) is 6.92 Å². The van der Waals surface area contributed by atoms with E-state index in [4.69, 9.17) is 26.1 Å². The Balaban J connectivity index is 1.86. The number of nitrogens with zero attached hydrogens (tertiary/aromatic N) is 1. The fourth-order valence-corrected chi connectivity index (χ4v) is 2.79. The predicted octanol–water partition coefficient (Wildman–Crippen LogP) is 2.02. The predicted molar refractivity (Wildman–Crippen MR) is 113 cm³/mol. The summed E-state index contributed by atoms with van der Waals surface area (Å²) in [6.07, 6.45) is 6.20. The van der Waals surface area contributed by atoms with Gasteiger partial charge in [0.2, 0.25) is 5.88 Å². The zero-order valence-electron chi connectivity index (χ0n) is 16.5. The zero-order chi connectivity index (χ0) is 21.7. The lowest BCUT2D eigenvalue weighted by atomic mass is 10.1. The second kappa shape index (κ2) is 8.82. The highest BCUT2D eigenvalue weighted by atomic mass is 16.5. The van der Waals surface area contributed by atoms with Gasteiger partial charge < -0.3 is 31.4 Å². The first-order valence-corrected chi connectivity index (χ1v) is 8.99. The average Bonchev–Trinajstić information content (AvgIpc) is 3.14. The Morgan fingerprint density at radius 1 is 1.23 bits per heavy atom. The smallest absolute Gasteiger partial charge is 0.261 e. The van der Waals surface area contributed by atoms with Crippen LogP contribution in [0.15, 0.2) is 82.1 Å². The summed E-state index contributed by atoms with van der Waals surface area (Å²) in [6, 6.07) is 9.31. The van der Waals surface area contributed by atoms with Crippen LogP contribution in [0.4, 0.5) is 0 Å². The average molecular weight is 406 g/mol. The second-order valence-corrected chi connectivity index (χ2v) is 6.35. The molecule has 0 unspecified atom stereocenters. The molecule has 2 heterocycles. The van der Waals surface area contributed by atoms with Gasteiger partial charge in [-0.3, -0.25) is 10.2 Å². The number of nitrogens with one attached hydrogen (secondary N) is 3. The van der Waals surface area contributed by atoms with Crippen molar-refractivity contribution in [2.24, 2.45) is 11.5 Å². The van der Waals surface area contributed by atoms with E-state index in [-0.39, 0.29) is 11.7 Å². The number of benzene rings is 1. The molecule has 1 aliphatic heterocycles. The van der Waals surface area contributed by atoms with Crippen LogP contribution in [0, 0.1) is 12.3 Å². The summed E-state index contributed by atoms with van der Waals surface area (Å²) in [6.45, 7) is 1.68. The summed E-state index contributed by atoms with van der Waals surface area (Å²) >= 11 is 0. The number of allylic oxidation sites excluding steroid dienone is 3. The van der Waals surface area contributed by atoms with E-state index in [1.165, 1.54) is 19.3 Å². The monoisotopic (exact) mass is 406 g/mol. The Hall–Kier alpha value is -4.27. The van der Waals surface area contributed by atoms with Gasteiger partial charge in [-0.2, -0.15) is 0 Å². The van der Waals surface area contributed by atoms with Gasteiger partial charge in [0.1, 0.15) is 28.6 Å². The van der Waals surface area contributed by atoms with Crippen molar-refractivity contribution in [1.29, 1.82) is 5.41 Å². The fraction of sp³-hybridized carbons (Fsp3) is 0.0952. The summed E-state index contributed by atoms with van der Waals surface area (Å²) in [5.74, 6) is 0.195. The molecule has 0 atom stereocenters. The van der Waals surface area contributed by atoms with E-state index in [0.29, 0.717) is 40.0 Å². The number of hydrogen-bond acceptors (Lipinski definition) is 7. The summed E-state index contributed by atoms with van der Waals surface area (Å²) in [7, 11) is 1.47. The standard InChI is InChI=1S/C21H22N6O3/c1-12-18(19(27-30-12)13-6-4-3-5-7-13)20(28)25-16-10-9-15(26-21(16)29-2)14(22)8-11-17(23)24/h3-11,26H,22H2,1-2H3,(H3,23,24)(H,25,28). The normalized spacial score (nSPS) is 15.1. The third kappa shape index (κ3) is 4.41. The van der Waals surface area contributed by atoms with Gasteiger partial charge >= 0.3 is 0 Å². The summed E-state index contributed by atoms with van der Waals surface area (Å²) < 4.78 is 10.6. The number of rotatable bonds is 6. The SMILES string of the molecule is COC1=C(NC(=O)c2c(-c3ccccc3)noc2C)C=CC(=C(N)C=CC(=N)N)N1. The summed E-state index contributed by atoms with van der Waals surface area (Å²) in [4.78, 5) is 13.0. The molecule has 0 bridgehead atoms. The quantitative estimate of drug-likeness (QED) is 0.363. The molecule has 0 spiro atoms. The Kier molecular flexibility index (Phi) is 6.02. The molecule has 154 valence electrons. The number of carbonyl (C=O) groups excluding carboxylic acids is 1. The van der Waals surface area contributed by atoms with Crippen molar-refractivity contribution in [2.75, 3.05) is 7.11 Å². The van der Waals surface area contributed by atoms with Crippen LogP contribution in [0.2, 0.25) is 0 Å². The van der Waals surface area contributed by atoms with Gasteiger partial charge in [-0.25, -0.2) is 0 Å². The van der Waals surface area contributed by atoms with Gasteiger partial charge in [-0.15, -0.1) is 0 Å². The largest absolute Gasteiger partial charge is 0.481 e. The van der Waals surface area contributed by atoms with Crippen LogP contribution in [0.25, 0.3) is 11.3 Å². The first kappa shape index (κ1) is 20.5. The van der Waals surface area contributed by atoms with Gasteiger partial charge in [-0.1, -0.05) is 35.5 Å². The van der Waals surface area contributed by atoms with Crippen molar-refractivity contribution in [3.05, 3.63) is 88.9 Å². The third-order valence-electron chi connectivity index (χ3n) is 4.25. The van der Waals surface area contributed by atoms with Crippen LogP contribution in [0.3, 0.4) is 0 Å². The molecule has 0 aliphatic carbocycles. The minimum Gasteiger partial charge on any atom is -0.481 e. The molecule has 0 saturated carbocycles. The number of carbonyl (C=O) groups is 1. The van der Waals surface area contributed by atoms with Gasteiger partial charge in [0.15, 0.2) is 0 Å². The molecule has 30 heavy (non-hydrogen) atoms. The van der Waals surface area contributed by atoms with E-state index >= 15 is 0 Å². The number of dihydropyridines is 1. The van der Waals surface area contributed by atoms with Crippen LogP contribution in [0.5, 0.6) is 0 Å². The van der Waals surface area contributed by atoms with E-state index in [9.17, 15) is 4.79 Å². The molecule has 1 amide bonds. The number of aryl methyl sites for hydroxylation is 1. The van der Waals surface area contributed by atoms with Gasteiger partial charge in [0.05, 0.1) is 18.5 Å². The molecular weight excluding hydrogens is 384 g/mol. The lowest BCUT2D eigenvalue weighted by Crippen LogP contribution is -2.30. The zero-order valence-corrected chi connectivity index (χ0v) is 16.5. The number of aromatic nitrogens is 1. The molecule has 2 aromatic rings. The summed E-state index contributed by atoms with van der Waals surface area (Å²) in [5, 5.41) is 17.1. The van der Waals surface area contributed by atoms with Crippen molar-refractivity contribution in [3.63, 3.8) is 0 Å². The molecule has 0 saturated heterocycles. The number of methoxy groups -OCH3 is 1. The number of ether oxygens (including phenoxy) is 1. The van der Waals surface area contributed by atoms with Crippen molar-refractivity contribution in [1.82, 2.24) is 15.8 Å². The number of hydrogen-bond donors (Lipinski definition) is 5. The van der Waals surface area contributed by atoms with Crippen LogP contribution >= 0.6 is 0 Å². The van der Waals surface area contributed by atoms with Gasteiger partial charge in [0.25, 0.3) is 5.91 Å². The van der Waals surface area contributed by atoms with Crippen LogP contribution in [-0.4, -0.2) is 24.0 Å². The number of amides is 1. The van der Waals surface area contributed by atoms with Crippen LogP contribution in [-0.2, 0) is 4.74 Å². The Morgan fingerprint density at radius 3 is 2.63 bits per heavy atom. The minimum absolute atomic E-state index is 0.118. The fourth-order valence-electron chi connectivity index (χ4n) is 2.79. The molecule has 7 N–H and O–H groups in total. The number of nitrogens with two attached hydrogens (primary N) is 2. The highest BCUT2D eigenvalue weighted by molar-refractivity contribution is 6.01. The third-order valence-corrected chi connectivity index (χ3v) is 4.25. The van der Waals surface area contributed by atoms with E-state index < -0.39 is 0 Å². The van der Waals surface area contributed by atoms with Crippen molar-refractivity contribution >= 4 is 11.7 Å². The molecule has 9 heteroatoms. The summed E-state index contributed by atoms with van der Waals surface area (Å²) in [5.41, 5.74) is 14.1. The molecule has 9 nitrogen and oxygen atoms in total. The first-order valence-electron chi connectivity index (χ1n) is 8.99. The van der Waals surface area contributed by atoms with E-state index in [1.807, 2.05) is 30.3 Å². The Bertz CT molecular complexity index is 1090. The maximum Gasteiger partial charge on any atom is 0.261 e. The Labute approximate surface area is 173 Å². The molecule has 0 fully saturated rings. The molecule has 3 rings (SSSR count). The van der Waals surface area contributed by atoms with Gasteiger partial charge in [-0.05, 0) is 31.2 Å². The maximum atomic E-state index is 13.0. The Morgan fingerprint density at radius 2 is 1.97 bits per heavy atom. The van der Waals surface area contributed by atoms with Gasteiger partial charge in [0, 0.05) is 5.56 Å². The highest BCUT2D eigenvalue weighted by Gasteiger charge is 2.24. The molecular formula is C21H22N6O3. The van der Waals surface area contributed by atoms with Crippen LogP contribution < -0.4 is 22.1 Å². The lowest BCUT2D eigenvalue weighted by Gasteiger charge is -2.20. The van der Waals surface area contributed by atoms with E-state index in [1.54, 1.807) is 19.1 Å². The van der Waals surface area contributed by atoms with Crippen LogP contribution in [0.1, 0.15) is 16.1 Å². The highest BCUT2D eigenvalue weighted by Crippen LogP contribution is 2.25. The lowest BCUT2D eigenvalue weighted by molar-refractivity contribution is 0.0962. The minimum atomic E-state index is -0.388. The number of amidine groups is 1.